The van der Waals surface area contributed by atoms with Gasteiger partial charge >= 0.3 is 0 Å². The molecule has 1 aliphatic carbocycles. The third-order valence-corrected chi connectivity index (χ3v) is 5.68. The van der Waals surface area contributed by atoms with Crippen molar-refractivity contribution in [3.63, 3.8) is 0 Å². The van der Waals surface area contributed by atoms with Crippen LogP contribution < -0.4 is 0 Å². The van der Waals surface area contributed by atoms with Gasteiger partial charge in [-0.25, -0.2) is 4.98 Å². The lowest BCUT2D eigenvalue weighted by molar-refractivity contribution is 0.0738. The molecule has 1 aliphatic rings. The minimum Gasteiger partial charge on any atom is -0.338 e. The fraction of sp³-hybridized carbons (Fsp3) is 0.471. The van der Waals surface area contributed by atoms with Gasteiger partial charge in [-0.2, -0.15) is 16.9 Å². The van der Waals surface area contributed by atoms with Gasteiger partial charge in [-0.3, -0.25) is 9.89 Å². The maximum atomic E-state index is 12.7. The summed E-state index contributed by atoms with van der Waals surface area (Å²) in [7, 11) is 1.92. The van der Waals surface area contributed by atoms with Gasteiger partial charge in [0.05, 0.1) is 0 Å². The number of rotatable bonds is 4. The zero-order chi connectivity index (χ0) is 16.4. The molecular formula is C17H22N4OS. The van der Waals surface area contributed by atoms with E-state index in [4.69, 9.17) is 0 Å². The summed E-state index contributed by atoms with van der Waals surface area (Å²) in [5.74, 6) is 1.53. The quantitative estimate of drug-likeness (QED) is 0.935. The van der Waals surface area contributed by atoms with Crippen molar-refractivity contribution in [3.05, 3.63) is 35.7 Å². The van der Waals surface area contributed by atoms with Gasteiger partial charge in [0.1, 0.15) is 5.82 Å². The number of carbonyl (C=O) groups is 1. The zero-order valence-corrected chi connectivity index (χ0v) is 14.6. The lowest BCUT2D eigenvalue weighted by atomic mass is 10.1. The van der Waals surface area contributed by atoms with Gasteiger partial charge in [0.15, 0.2) is 5.82 Å². The number of amides is 1. The van der Waals surface area contributed by atoms with Crippen LogP contribution in [0.4, 0.5) is 0 Å². The van der Waals surface area contributed by atoms with E-state index in [1.54, 1.807) is 0 Å². The first-order valence-electron chi connectivity index (χ1n) is 7.89. The van der Waals surface area contributed by atoms with Crippen LogP contribution in [0.5, 0.6) is 0 Å². The second-order valence-electron chi connectivity index (χ2n) is 6.01. The normalized spacial score (nSPS) is 20.7. The van der Waals surface area contributed by atoms with Crippen molar-refractivity contribution in [1.29, 1.82) is 0 Å². The van der Waals surface area contributed by atoms with Gasteiger partial charge in [0, 0.05) is 29.5 Å². The van der Waals surface area contributed by atoms with E-state index in [0.29, 0.717) is 17.1 Å². The minimum absolute atomic E-state index is 0.0914. The average molecular weight is 330 g/mol. The van der Waals surface area contributed by atoms with Crippen LogP contribution in [-0.2, 0) is 0 Å². The van der Waals surface area contributed by atoms with E-state index >= 15 is 0 Å². The summed E-state index contributed by atoms with van der Waals surface area (Å²) in [4.78, 5) is 19.0. The Bertz CT molecular complexity index is 682. The molecule has 1 saturated carbocycles. The summed E-state index contributed by atoms with van der Waals surface area (Å²) in [5.41, 5.74) is 1.63. The molecule has 0 aliphatic heterocycles. The molecule has 1 N–H and O–H groups in total. The molecule has 2 aromatic rings. The second kappa shape index (κ2) is 6.74. The highest BCUT2D eigenvalue weighted by atomic mass is 32.2. The predicted molar refractivity (Wildman–Crippen MR) is 93.6 cm³/mol. The minimum atomic E-state index is 0.0914. The highest BCUT2D eigenvalue weighted by molar-refractivity contribution is 7.99. The standard InChI is InChI=1S/C17H22N4OS/c1-11-18-16(20-19-11)12-7-9-13(10-8-12)17(22)21(2)14-5-4-6-15(14)23-3/h7-10,14-15H,4-6H2,1-3H3,(H,18,19,20). The van der Waals surface area contributed by atoms with E-state index < -0.39 is 0 Å². The first-order chi connectivity index (χ1) is 11.1. The van der Waals surface area contributed by atoms with Gasteiger partial charge in [0.25, 0.3) is 5.91 Å². The average Bonchev–Trinajstić information content (AvgIpc) is 3.22. The van der Waals surface area contributed by atoms with E-state index in [2.05, 4.69) is 21.4 Å². The van der Waals surface area contributed by atoms with Crippen LogP contribution in [0.1, 0.15) is 35.4 Å². The fourth-order valence-corrected chi connectivity index (χ4v) is 4.25. The number of aromatic nitrogens is 3. The summed E-state index contributed by atoms with van der Waals surface area (Å²) < 4.78 is 0. The maximum absolute atomic E-state index is 12.7. The molecule has 1 heterocycles. The summed E-state index contributed by atoms with van der Waals surface area (Å²) in [6, 6.07) is 7.88. The molecule has 122 valence electrons. The Balaban J connectivity index is 1.75. The number of aryl methyl sites for hydroxylation is 1. The Labute approximate surface area is 140 Å². The van der Waals surface area contributed by atoms with Crippen molar-refractivity contribution in [3.8, 4) is 11.4 Å². The molecule has 1 amide bonds. The van der Waals surface area contributed by atoms with Crippen molar-refractivity contribution in [2.24, 2.45) is 0 Å². The van der Waals surface area contributed by atoms with Crippen molar-refractivity contribution in [2.45, 2.75) is 37.5 Å². The van der Waals surface area contributed by atoms with Crippen LogP contribution in [0.2, 0.25) is 0 Å². The van der Waals surface area contributed by atoms with Gasteiger partial charge in [-0.05, 0) is 38.2 Å². The number of hydrogen-bond donors (Lipinski definition) is 1. The highest BCUT2D eigenvalue weighted by Crippen LogP contribution is 2.32. The van der Waals surface area contributed by atoms with E-state index in [1.807, 2.05) is 54.9 Å². The van der Waals surface area contributed by atoms with Crippen LogP contribution in [0.15, 0.2) is 24.3 Å². The zero-order valence-electron chi connectivity index (χ0n) is 13.7. The van der Waals surface area contributed by atoms with Gasteiger partial charge in [-0.1, -0.05) is 18.6 Å². The van der Waals surface area contributed by atoms with Crippen molar-refractivity contribution in [2.75, 3.05) is 13.3 Å². The third kappa shape index (κ3) is 3.27. The molecule has 6 heteroatoms. The second-order valence-corrected chi connectivity index (χ2v) is 7.09. The Hall–Kier alpha value is -1.82. The Kier molecular flexibility index (Phi) is 4.71. The number of benzene rings is 1. The lowest BCUT2D eigenvalue weighted by Crippen LogP contribution is -2.40. The number of carbonyl (C=O) groups excluding carboxylic acids is 1. The first-order valence-corrected chi connectivity index (χ1v) is 9.18. The van der Waals surface area contributed by atoms with Crippen LogP contribution in [0, 0.1) is 6.92 Å². The van der Waals surface area contributed by atoms with Crippen molar-refractivity contribution >= 4 is 17.7 Å². The van der Waals surface area contributed by atoms with Crippen molar-refractivity contribution in [1.82, 2.24) is 20.1 Å². The number of H-pyrrole nitrogens is 1. The summed E-state index contributed by atoms with van der Waals surface area (Å²) >= 11 is 1.87. The smallest absolute Gasteiger partial charge is 0.253 e. The molecule has 0 saturated heterocycles. The Morgan fingerprint density at radius 3 is 2.65 bits per heavy atom. The van der Waals surface area contributed by atoms with E-state index in [-0.39, 0.29) is 5.91 Å². The van der Waals surface area contributed by atoms with E-state index in [0.717, 1.165) is 23.4 Å². The van der Waals surface area contributed by atoms with Gasteiger partial charge in [-0.15, -0.1) is 0 Å². The molecule has 1 aromatic carbocycles. The van der Waals surface area contributed by atoms with Gasteiger partial charge in [0.2, 0.25) is 0 Å². The number of thioether (sulfide) groups is 1. The lowest BCUT2D eigenvalue weighted by Gasteiger charge is -2.29. The van der Waals surface area contributed by atoms with Crippen LogP contribution in [0.25, 0.3) is 11.4 Å². The van der Waals surface area contributed by atoms with E-state index in [1.165, 1.54) is 12.8 Å². The number of nitrogens with zero attached hydrogens (tertiary/aromatic N) is 3. The van der Waals surface area contributed by atoms with Crippen molar-refractivity contribution < 1.29 is 4.79 Å². The predicted octanol–water partition coefficient (Wildman–Crippen LogP) is 3.14. The fourth-order valence-electron chi connectivity index (χ4n) is 3.21. The maximum Gasteiger partial charge on any atom is 0.253 e. The SMILES string of the molecule is CSC1CCCC1N(C)C(=O)c1ccc(-c2n[nH]c(C)n2)cc1. The summed E-state index contributed by atoms with van der Waals surface area (Å²) in [6.07, 6.45) is 5.64. The summed E-state index contributed by atoms with van der Waals surface area (Å²) in [5, 5.41) is 7.53. The molecule has 0 radical (unpaired) electrons. The first kappa shape index (κ1) is 16.1. The number of nitrogens with one attached hydrogen (secondary N) is 1. The summed E-state index contributed by atoms with van der Waals surface area (Å²) in [6.45, 7) is 1.87. The molecule has 0 spiro atoms. The molecule has 2 atom stereocenters. The van der Waals surface area contributed by atoms with Crippen LogP contribution in [-0.4, -0.2) is 50.6 Å². The third-order valence-electron chi connectivity index (χ3n) is 4.53. The highest BCUT2D eigenvalue weighted by Gasteiger charge is 2.32. The monoisotopic (exact) mass is 330 g/mol. The van der Waals surface area contributed by atoms with Crippen LogP contribution in [0.3, 0.4) is 0 Å². The molecule has 1 fully saturated rings. The Morgan fingerprint density at radius 2 is 2.04 bits per heavy atom. The number of hydrogen-bond acceptors (Lipinski definition) is 4. The molecule has 0 bridgehead atoms. The van der Waals surface area contributed by atoms with Crippen LogP contribution >= 0.6 is 11.8 Å². The molecular weight excluding hydrogens is 308 g/mol. The molecule has 3 rings (SSSR count). The number of aromatic amines is 1. The Morgan fingerprint density at radius 1 is 1.30 bits per heavy atom. The molecule has 1 aromatic heterocycles. The largest absolute Gasteiger partial charge is 0.338 e. The molecule has 5 nitrogen and oxygen atoms in total. The van der Waals surface area contributed by atoms with E-state index in [9.17, 15) is 4.79 Å². The van der Waals surface area contributed by atoms with Gasteiger partial charge < -0.3 is 4.90 Å². The molecule has 23 heavy (non-hydrogen) atoms. The topological polar surface area (TPSA) is 61.9 Å². The molecule has 2 unspecified atom stereocenters.